The second-order valence-corrected chi connectivity index (χ2v) is 9.37. The quantitative estimate of drug-likeness (QED) is 0.510. The third-order valence-corrected chi connectivity index (χ3v) is 7.46. The van der Waals surface area contributed by atoms with Crippen molar-refractivity contribution in [2.24, 2.45) is 0 Å². The molecule has 1 amide bonds. The lowest BCUT2D eigenvalue weighted by molar-refractivity contribution is -0.122. The third-order valence-electron chi connectivity index (χ3n) is 6.26. The molecule has 30 heavy (non-hydrogen) atoms. The van der Waals surface area contributed by atoms with Crippen molar-refractivity contribution < 1.29 is 29.6 Å². The first-order valence-corrected chi connectivity index (χ1v) is 11.5. The number of carboxylic acid groups (broad SMARTS) is 1. The summed E-state index contributed by atoms with van der Waals surface area (Å²) in [5.41, 5.74) is 0.911. The van der Waals surface area contributed by atoms with Gasteiger partial charge in [0.05, 0.1) is 29.8 Å². The predicted molar refractivity (Wildman–Crippen MR) is 113 cm³/mol. The minimum Gasteiger partial charge on any atom is -0.483 e. The summed E-state index contributed by atoms with van der Waals surface area (Å²) in [5.74, 6) is 0.0694. The number of nitrogens with one attached hydrogen (secondary N) is 1. The molecule has 4 rings (SSSR count). The number of hydrogen-bond donors (Lipinski definition) is 4. The molecular formula is C21H32N2O6S. The van der Waals surface area contributed by atoms with Crippen LogP contribution in [0.1, 0.15) is 58.6 Å². The number of ether oxygens (including phenoxy) is 1. The van der Waals surface area contributed by atoms with Crippen LogP contribution in [0, 0.1) is 0 Å². The van der Waals surface area contributed by atoms with Gasteiger partial charge in [-0.25, -0.2) is 0 Å². The van der Waals surface area contributed by atoms with Crippen LogP contribution < -0.4 is 5.32 Å². The topological polar surface area (TPSA) is 119 Å². The van der Waals surface area contributed by atoms with Crippen LogP contribution in [0.5, 0.6) is 0 Å². The molecule has 1 atom stereocenters. The molecule has 0 aromatic carbocycles. The largest absolute Gasteiger partial charge is 0.483 e. The number of nitrogens with zero attached hydrogens (tertiary/aromatic N) is 1. The summed E-state index contributed by atoms with van der Waals surface area (Å²) >= 11 is 1.63. The Balaban J connectivity index is 0.000000806. The lowest BCUT2D eigenvalue weighted by atomic mass is 9.82. The second kappa shape index (κ2) is 10.7. The molecule has 2 fully saturated rings. The first-order valence-electron chi connectivity index (χ1n) is 10.7. The van der Waals surface area contributed by atoms with Gasteiger partial charge in [-0.3, -0.25) is 9.59 Å². The van der Waals surface area contributed by atoms with Crippen LogP contribution in [0.2, 0.25) is 0 Å². The van der Waals surface area contributed by atoms with Crippen LogP contribution in [0.4, 0.5) is 0 Å². The fourth-order valence-electron chi connectivity index (χ4n) is 4.72. The molecule has 0 radical (unpaired) electrons. The molecule has 1 aromatic rings. The van der Waals surface area contributed by atoms with Gasteiger partial charge in [0.25, 0.3) is 12.4 Å². The number of rotatable bonds is 5. The first kappa shape index (κ1) is 23.1. The number of likely N-dealkylation sites (tertiary alicyclic amines) is 1. The minimum atomic E-state index is -0.686. The van der Waals surface area contributed by atoms with Gasteiger partial charge in [-0.15, -0.1) is 11.3 Å². The number of carbonyl (C=O) groups is 2. The van der Waals surface area contributed by atoms with Gasteiger partial charge in [0, 0.05) is 37.0 Å². The number of β-amino-alcohol motifs (C(OH)–C–C–N with tert-alkyl or cyclic N) is 1. The van der Waals surface area contributed by atoms with E-state index >= 15 is 0 Å². The van der Waals surface area contributed by atoms with Crippen LogP contribution in [0.15, 0.2) is 6.07 Å². The van der Waals surface area contributed by atoms with E-state index in [1.54, 1.807) is 11.3 Å². The Hall–Kier alpha value is -1.52. The molecule has 1 aromatic heterocycles. The number of amides is 1. The second-order valence-electron chi connectivity index (χ2n) is 8.24. The Bertz CT molecular complexity index is 710. The Kier molecular flexibility index (Phi) is 8.24. The van der Waals surface area contributed by atoms with Crippen LogP contribution in [0.3, 0.4) is 0 Å². The molecule has 3 heterocycles. The highest BCUT2D eigenvalue weighted by Crippen LogP contribution is 2.44. The molecule has 1 aliphatic carbocycles. The van der Waals surface area contributed by atoms with Crippen LogP contribution >= 0.6 is 11.3 Å². The summed E-state index contributed by atoms with van der Waals surface area (Å²) in [6, 6.07) is 2.41. The van der Waals surface area contributed by atoms with Gasteiger partial charge >= 0.3 is 0 Å². The highest BCUT2D eigenvalue weighted by molar-refractivity contribution is 7.14. The zero-order valence-corrected chi connectivity index (χ0v) is 18.0. The van der Waals surface area contributed by atoms with Gasteiger partial charge in [-0.1, -0.05) is 12.8 Å². The van der Waals surface area contributed by atoms with Gasteiger partial charge < -0.3 is 30.3 Å². The molecule has 2 aliphatic heterocycles. The monoisotopic (exact) mass is 440 g/mol. The van der Waals surface area contributed by atoms with E-state index in [-0.39, 0.29) is 24.6 Å². The Morgan fingerprint density at radius 3 is 2.67 bits per heavy atom. The summed E-state index contributed by atoms with van der Waals surface area (Å²) in [6.45, 7) is 2.41. The summed E-state index contributed by atoms with van der Waals surface area (Å²) in [5, 5.41) is 28.8. The van der Waals surface area contributed by atoms with Gasteiger partial charge in [-0.05, 0) is 37.3 Å². The summed E-state index contributed by atoms with van der Waals surface area (Å²) in [6.07, 6.45) is 6.53. The summed E-state index contributed by atoms with van der Waals surface area (Å²) in [4.78, 5) is 25.3. The average molecular weight is 441 g/mol. The van der Waals surface area contributed by atoms with E-state index in [1.807, 2.05) is 0 Å². The molecule has 168 valence electrons. The molecule has 1 saturated carbocycles. The highest BCUT2D eigenvalue weighted by atomic mass is 32.1. The van der Waals surface area contributed by atoms with Gasteiger partial charge in [0.2, 0.25) is 0 Å². The third kappa shape index (κ3) is 5.39. The SMILES string of the molecule is O=C(NC1CCCC1)c1cc2c(s1)CCOC21CCN(CC(O)CO)CC1.O=CO. The van der Waals surface area contributed by atoms with E-state index in [1.165, 1.54) is 23.3 Å². The fourth-order valence-corrected chi connectivity index (χ4v) is 5.86. The number of fused-ring (bicyclic) bond motifs is 2. The van der Waals surface area contributed by atoms with Gasteiger partial charge in [0.1, 0.15) is 0 Å². The molecule has 1 spiro atoms. The van der Waals surface area contributed by atoms with E-state index in [0.29, 0.717) is 19.2 Å². The molecular weight excluding hydrogens is 408 g/mol. The Morgan fingerprint density at radius 1 is 1.37 bits per heavy atom. The maximum absolute atomic E-state index is 12.7. The van der Waals surface area contributed by atoms with E-state index in [4.69, 9.17) is 19.7 Å². The smallest absolute Gasteiger partial charge is 0.290 e. The zero-order chi connectivity index (χ0) is 21.6. The lowest BCUT2D eigenvalue weighted by Gasteiger charge is -2.44. The lowest BCUT2D eigenvalue weighted by Crippen LogP contribution is -2.48. The minimum absolute atomic E-state index is 0.0694. The van der Waals surface area contributed by atoms with E-state index in [0.717, 1.165) is 50.1 Å². The molecule has 8 nitrogen and oxygen atoms in total. The maximum atomic E-state index is 12.7. The Labute approximate surface area is 180 Å². The number of thiophene rings is 1. The molecule has 9 heteroatoms. The van der Waals surface area contributed by atoms with Gasteiger partial charge in [0.15, 0.2) is 0 Å². The van der Waals surface area contributed by atoms with Crippen LogP contribution in [-0.2, 0) is 21.6 Å². The average Bonchev–Trinajstić information content (AvgIpc) is 3.41. The molecule has 3 aliphatic rings. The molecule has 4 N–H and O–H groups in total. The summed E-state index contributed by atoms with van der Waals surface area (Å²) < 4.78 is 6.28. The number of carbonyl (C=O) groups excluding carboxylic acids is 1. The fraction of sp³-hybridized carbons (Fsp3) is 0.714. The molecule has 0 bridgehead atoms. The van der Waals surface area contributed by atoms with Crippen molar-refractivity contribution in [1.29, 1.82) is 0 Å². The standard InChI is InChI=1S/C20H30N2O4S.CH2O2/c23-13-15(24)12-22-8-6-20(7-9-22)16-11-18(27-17(16)5-10-26-20)19(25)21-14-3-1-2-4-14;2-1-3/h11,14-15,23-24H,1-10,12-13H2,(H,21,25);1H,(H,2,3). The number of piperidine rings is 1. The van der Waals surface area contributed by atoms with Crippen LogP contribution in [-0.4, -0.2) is 77.6 Å². The van der Waals surface area contributed by atoms with Crippen molar-refractivity contribution in [3.63, 3.8) is 0 Å². The summed E-state index contributed by atoms with van der Waals surface area (Å²) in [7, 11) is 0. The molecule has 1 unspecified atom stereocenters. The normalized spacial score (nSPS) is 22.1. The number of aliphatic hydroxyl groups excluding tert-OH is 2. The van der Waals surface area contributed by atoms with E-state index in [9.17, 15) is 9.90 Å². The van der Waals surface area contributed by atoms with Crippen molar-refractivity contribution in [2.45, 2.75) is 62.7 Å². The predicted octanol–water partition coefficient (Wildman–Crippen LogP) is 1.34. The Morgan fingerprint density at radius 2 is 2.03 bits per heavy atom. The zero-order valence-electron chi connectivity index (χ0n) is 17.2. The highest BCUT2D eigenvalue weighted by Gasteiger charge is 2.42. The maximum Gasteiger partial charge on any atom is 0.290 e. The van der Waals surface area contributed by atoms with Crippen molar-refractivity contribution in [2.75, 3.05) is 32.8 Å². The van der Waals surface area contributed by atoms with Crippen molar-refractivity contribution >= 4 is 23.7 Å². The van der Waals surface area contributed by atoms with Gasteiger partial charge in [-0.2, -0.15) is 0 Å². The van der Waals surface area contributed by atoms with E-state index < -0.39 is 6.10 Å². The molecule has 1 saturated heterocycles. The van der Waals surface area contributed by atoms with Crippen LogP contribution in [0.25, 0.3) is 0 Å². The van der Waals surface area contributed by atoms with Crippen molar-refractivity contribution in [1.82, 2.24) is 10.2 Å². The van der Waals surface area contributed by atoms with Crippen molar-refractivity contribution in [3.05, 3.63) is 21.4 Å². The number of hydrogen-bond acceptors (Lipinski definition) is 7. The van der Waals surface area contributed by atoms with Crippen molar-refractivity contribution in [3.8, 4) is 0 Å². The first-order chi connectivity index (χ1) is 14.5. The van der Waals surface area contributed by atoms with E-state index in [2.05, 4.69) is 16.3 Å². The number of aliphatic hydroxyl groups is 2.